The first-order valence-corrected chi connectivity index (χ1v) is 21.9. The molecule has 19 heteroatoms. The van der Waals surface area contributed by atoms with Gasteiger partial charge >= 0.3 is 0 Å². The third-order valence-electron chi connectivity index (χ3n) is 10.9. The molecule has 66 heavy (non-hydrogen) atoms. The fraction of sp³-hybridized carbons (Fsp3) is 0.404. The maximum Gasteiger partial charge on any atom is 0.256 e. The number of nitrogens with zero attached hydrogens (tertiary/aromatic N) is 4. The van der Waals surface area contributed by atoms with E-state index in [1.807, 2.05) is 30.3 Å². The molecule has 1 aromatic heterocycles. The molecule has 0 spiro atoms. The largest absolute Gasteiger partial charge is 0.492 e. The number of benzene rings is 3. The average Bonchev–Trinajstić information content (AvgIpc) is 3.28. The number of likely N-dealkylation sites (N-methyl/N-ethyl adjacent to an activating group) is 1. The summed E-state index contributed by atoms with van der Waals surface area (Å²) in [4.78, 5) is 80.5. The topological polar surface area (TPSA) is 283 Å². The highest BCUT2D eigenvalue weighted by Gasteiger charge is 2.36. The van der Waals surface area contributed by atoms with Crippen molar-refractivity contribution in [2.24, 2.45) is 17.2 Å². The number of fused-ring (bicyclic) bond motifs is 5. The highest BCUT2D eigenvalue weighted by Crippen LogP contribution is 2.40. The highest BCUT2D eigenvalue weighted by molar-refractivity contribution is 6.33. The summed E-state index contributed by atoms with van der Waals surface area (Å²) >= 11 is 6.67. The summed E-state index contributed by atoms with van der Waals surface area (Å²) in [6, 6.07) is 14.6. The summed E-state index contributed by atoms with van der Waals surface area (Å²) < 4.78 is 12.2. The molecule has 0 saturated carbocycles. The predicted octanol–water partition coefficient (Wildman–Crippen LogP) is 2.58. The van der Waals surface area contributed by atoms with Crippen LogP contribution in [-0.4, -0.2) is 109 Å². The van der Waals surface area contributed by atoms with Crippen LogP contribution >= 0.6 is 11.6 Å². The molecule has 5 amide bonds. The molecular formula is C47H58ClN11O7. The Bertz CT molecular complexity index is 2450. The zero-order valence-corrected chi connectivity index (χ0v) is 38.8. The van der Waals surface area contributed by atoms with Gasteiger partial charge in [-0.3, -0.25) is 24.0 Å². The van der Waals surface area contributed by atoms with Gasteiger partial charge in [-0.15, -0.1) is 0 Å². The zero-order valence-electron chi connectivity index (χ0n) is 38.0. The van der Waals surface area contributed by atoms with Crippen LogP contribution in [0.1, 0.15) is 72.9 Å². The first-order valence-electron chi connectivity index (χ1n) is 21.5. The van der Waals surface area contributed by atoms with Crippen molar-refractivity contribution >= 4 is 41.1 Å². The Kier molecular flexibility index (Phi) is 17.2. The van der Waals surface area contributed by atoms with E-state index in [4.69, 9.17) is 43.5 Å². The smallest absolute Gasteiger partial charge is 0.256 e. The second kappa shape index (κ2) is 22.5. The van der Waals surface area contributed by atoms with Crippen LogP contribution in [0.3, 0.4) is 0 Å². The number of ether oxygens (including phenoxy) is 2. The van der Waals surface area contributed by atoms with Crippen molar-refractivity contribution in [2.75, 3.05) is 46.4 Å². The second-order valence-corrected chi connectivity index (χ2v) is 17.2. The van der Waals surface area contributed by atoms with Crippen molar-refractivity contribution in [1.29, 1.82) is 5.26 Å². The van der Waals surface area contributed by atoms with Crippen molar-refractivity contribution in [3.05, 3.63) is 93.8 Å². The van der Waals surface area contributed by atoms with E-state index >= 15 is 0 Å². The first kappa shape index (κ1) is 50.4. The van der Waals surface area contributed by atoms with Gasteiger partial charge in [0.05, 0.1) is 17.3 Å². The number of aromatic nitrogens is 2. The Morgan fingerprint density at radius 2 is 1.56 bits per heavy atom. The molecule has 0 saturated heterocycles. The number of nitrogens with one attached hydrogen (secondary N) is 4. The van der Waals surface area contributed by atoms with Crippen LogP contribution in [0.15, 0.2) is 60.7 Å². The molecular weight excluding hydrogens is 866 g/mol. The minimum atomic E-state index is -1.43. The van der Waals surface area contributed by atoms with E-state index < -0.39 is 53.7 Å². The number of carbonyl (C=O) groups excluding carboxylic acids is 5. The standard InChI is InChI=1S/C47H58ClN11O7/c1-26-38(40(48)58-41(54-26)29-8-11-31(12-9-29)47(3,4)5)44(62)56-34(15-16-49)46(64)59(6)39-30-10-14-37(66-22-19-52)33(25-30)32-23-28(7-13-36(32)65-21-18-51)24-35(43(61)53-20-17-50)57-42(60)27(2)55-45(39)63/h7-14,23,25,27,34-35,39H,15-16,18-22,24,49,51-52H2,1-6H3,(H,53,61)(H,55,63)(H,56,62)(H,57,60). The van der Waals surface area contributed by atoms with E-state index in [1.54, 1.807) is 43.3 Å². The van der Waals surface area contributed by atoms with Gasteiger partial charge in [0, 0.05) is 43.2 Å². The van der Waals surface area contributed by atoms with Gasteiger partial charge in [-0.25, -0.2) is 9.97 Å². The van der Waals surface area contributed by atoms with Crippen molar-refractivity contribution in [1.82, 2.24) is 36.1 Å². The van der Waals surface area contributed by atoms with E-state index in [2.05, 4.69) is 52.0 Å². The zero-order chi connectivity index (χ0) is 48.3. The molecule has 0 radical (unpaired) electrons. The average molecular weight is 925 g/mol. The maximum absolute atomic E-state index is 14.7. The number of rotatable bonds is 15. The van der Waals surface area contributed by atoms with Gasteiger partial charge in [0.15, 0.2) is 5.82 Å². The Morgan fingerprint density at radius 3 is 2.15 bits per heavy atom. The molecule has 3 aromatic carbocycles. The van der Waals surface area contributed by atoms with Crippen LogP contribution in [0.4, 0.5) is 0 Å². The first-order chi connectivity index (χ1) is 31.4. The summed E-state index contributed by atoms with van der Waals surface area (Å²) in [5.41, 5.74) is 21.4. The Balaban J connectivity index is 1.57. The van der Waals surface area contributed by atoms with Crippen molar-refractivity contribution in [3.63, 3.8) is 0 Å². The van der Waals surface area contributed by atoms with Crippen molar-refractivity contribution < 1.29 is 33.4 Å². The van der Waals surface area contributed by atoms with Gasteiger partial charge in [0.25, 0.3) is 5.91 Å². The number of amides is 5. The van der Waals surface area contributed by atoms with Gasteiger partial charge in [-0.1, -0.05) is 68.8 Å². The molecule has 1 aliphatic heterocycles. The lowest BCUT2D eigenvalue weighted by atomic mass is 9.87. The lowest BCUT2D eigenvalue weighted by Crippen LogP contribution is -2.56. The van der Waals surface area contributed by atoms with Gasteiger partial charge in [-0.2, -0.15) is 5.26 Å². The van der Waals surface area contributed by atoms with E-state index in [1.165, 1.54) is 14.0 Å². The fourth-order valence-corrected chi connectivity index (χ4v) is 7.71. The van der Waals surface area contributed by atoms with Gasteiger partial charge in [0.2, 0.25) is 23.6 Å². The highest BCUT2D eigenvalue weighted by atomic mass is 35.5. The van der Waals surface area contributed by atoms with Gasteiger partial charge < -0.3 is 52.8 Å². The number of halogens is 1. The number of aryl methyl sites for hydroxylation is 1. The monoisotopic (exact) mass is 923 g/mol. The van der Waals surface area contributed by atoms with Crippen LogP contribution in [0.25, 0.3) is 22.5 Å². The number of nitrogens with two attached hydrogens (primary N) is 3. The minimum absolute atomic E-state index is 0.00685. The third kappa shape index (κ3) is 12.2. The quantitative estimate of drug-likeness (QED) is 0.0668. The second-order valence-electron chi connectivity index (χ2n) is 16.8. The Labute approximate surface area is 389 Å². The molecule has 4 bridgehead atoms. The molecule has 18 nitrogen and oxygen atoms in total. The molecule has 10 N–H and O–H groups in total. The molecule has 350 valence electrons. The van der Waals surface area contributed by atoms with Gasteiger partial charge in [-0.05, 0) is 73.2 Å². The lowest BCUT2D eigenvalue weighted by Gasteiger charge is -2.32. The van der Waals surface area contributed by atoms with Crippen LogP contribution < -0.4 is 47.9 Å². The number of nitriles is 1. The van der Waals surface area contributed by atoms with Gasteiger partial charge in [0.1, 0.15) is 60.6 Å². The van der Waals surface area contributed by atoms with E-state index in [0.29, 0.717) is 45.1 Å². The van der Waals surface area contributed by atoms with E-state index in [9.17, 15) is 24.0 Å². The summed E-state index contributed by atoms with van der Waals surface area (Å²) in [6.45, 7) is 9.65. The van der Waals surface area contributed by atoms with Crippen molar-refractivity contribution in [2.45, 2.75) is 77.0 Å². The molecule has 2 heterocycles. The number of hydrogen-bond donors (Lipinski definition) is 7. The summed E-state index contributed by atoms with van der Waals surface area (Å²) in [6.07, 6.45) is -0.0497. The molecule has 4 unspecified atom stereocenters. The molecule has 5 rings (SSSR count). The summed E-state index contributed by atoms with van der Waals surface area (Å²) in [5, 5.41) is 19.7. The maximum atomic E-state index is 14.7. The summed E-state index contributed by atoms with van der Waals surface area (Å²) in [5.74, 6) is -2.50. The van der Waals surface area contributed by atoms with E-state index in [0.717, 1.165) is 10.5 Å². The van der Waals surface area contributed by atoms with E-state index in [-0.39, 0.29) is 74.1 Å². The molecule has 0 fully saturated rings. The molecule has 0 aliphatic carbocycles. The van der Waals surface area contributed by atoms with Crippen molar-refractivity contribution in [3.8, 4) is 40.1 Å². The lowest BCUT2D eigenvalue weighted by molar-refractivity contribution is -0.141. The Hall–Kier alpha value is -6.65. The SMILES string of the molecule is Cc1nc(-c2ccc(C(C)(C)C)cc2)nc(Cl)c1C(=O)NC(CCN)C(=O)N(C)C1C(=O)NC(C)C(=O)NC(C(=O)NCC#N)Cc2ccc(OCCN)c(c2)-c2cc1ccc2OCCN. The Morgan fingerprint density at radius 1 is 0.924 bits per heavy atom. The molecule has 4 atom stereocenters. The molecule has 1 aliphatic rings. The number of carbonyl (C=O) groups is 5. The number of hydrogen-bond acceptors (Lipinski definition) is 13. The fourth-order valence-electron chi connectivity index (χ4n) is 7.40. The molecule has 4 aromatic rings. The van der Waals surface area contributed by atoms with Crippen LogP contribution in [0.5, 0.6) is 11.5 Å². The predicted molar refractivity (Wildman–Crippen MR) is 249 cm³/mol. The normalized spacial score (nSPS) is 16.7. The minimum Gasteiger partial charge on any atom is -0.492 e. The summed E-state index contributed by atoms with van der Waals surface area (Å²) in [7, 11) is 1.39. The third-order valence-corrected chi connectivity index (χ3v) is 11.2. The van der Waals surface area contributed by atoms with Crippen LogP contribution in [-0.2, 0) is 31.0 Å². The van der Waals surface area contributed by atoms with Crippen LogP contribution in [0, 0.1) is 18.3 Å². The van der Waals surface area contributed by atoms with Crippen LogP contribution in [0.2, 0.25) is 5.15 Å².